The Morgan fingerprint density at radius 2 is 1.77 bits per heavy atom. The Hall–Kier alpha value is -2.97. The highest BCUT2D eigenvalue weighted by atomic mass is 16.2. The molecule has 0 aliphatic heterocycles. The van der Waals surface area contributed by atoms with Crippen molar-refractivity contribution < 1.29 is 19.2 Å². The zero-order chi connectivity index (χ0) is 27.0. The van der Waals surface area contributed by atoms with Crippen molar-refractivity contribution in [2.45, 2.75) is 84.2 Å². The summed E-state index contributed by atoms with van der Waals surface area (Å²) >= 11 is 0. The summed E-state index contributed by atoms with van der Waals surface area (Å²) in [6.45, 7) is 14.8. The van der Waals surface area contributed by atoms with E-state index in [2.05, 4.69) is 34.1 Å². The van der Waals surface area contributed by atoms with Crippen LogP contribution in [0, 0.1) is 11.8 Å². The molecular weight excluding hydrogens is 446 g/mol. The number of guanidine groups is 1. The Morgan fingerprint density at radius 1 is 1.11 bits per heavy atom. The van der Waals surface area contributed by atoms with Crippen molar-refractivity contribution in [1.29, 1.82) is 0 Å². The Labute approximate surface area is 210 Å². The summed E-state index contributed by atoms with van der Waals surface area (Å²) in [5, 5.41) is 8.59. The van der Waals surface area contributed by atoms with Crippen molar-refractivity contribution in [3.8, 4) is 0 Å². The van der Waals surface area contributed by atoms with Crippen LogP contribution in [0.5, 0.6) is 0 Å². The van der Waals surface area contributed by atoms with Crippen molar-refractivity contribution in [3.05, 3.63) is 25.3 Å². The third kappa shape index (κ3) is 11.8. The molecule has 0 aliphatic rings. The van der Waals surface area contributed by atoms with Gasteiger partial charge in [0, 0.05) is 38.3 Å². The highest BCUT2D eigenvalue weighted by Crippen LogP contribution is 2.22. The molecule has 9 heteroatoms. The number of ketones is 2. The first-order valence-corrected chi connectivity index (χ1v) is 12.3. The fourth-order valence-electron chi connectivity index (χ4n) is 3.48. The molecule has 0 unspecified atom stereocenters. The van der Waals surface area contributed by atoms with Gasteiger partial charge < -0.3 is 21.7 Å². The van der Waals surface area contributed by atoms with Gasteiger partial charge in [-0.3, -0.25) is 24.2 Å². The van der Waals surface area contributed by atoms with Gasteiger partial charge in [-0.2, -0.15) is 0 Å². The summed E-state index contributed by atoms with van der Waals surface area (Å²) in [5.74, 6) is -1.62. The Morgan fingerprint density at radius 3 is 2.29 bits per heavy atom. The van der Waals surface area contributed by atoms with Crippen molar-refractivity contribution in [1.82, 2.24) is 16.0 Å². The average Bonchev–Trinajstić information content (AvgIpc) is 2.82. The second-order valence-electron chi connectivity index (χ2n) is 9.23. The van der Waals surface area contributed by atoms with Crippen LogP contribution in [0.15, 0.2) is 30.3 Å². The minimum atomic E-state index is -1.18. The number of carbonyl (C=O) groups excluding carboxylic acids is 4. The summed E-state index contributed by atoms with van der Waals surface area (Å²) in [4.78, 5) is 55.3. The van der Waals surface area contributed by atoms with Crippen molar-refractivity contribution in [2.24, 2.45) is 22.6 Å². The molecule has 198 valence electrons. The van der Waals surface area contributed by atoms with E-state index in [9.17, 15) is 19.2 Å². The maximum absolute atomic E-state index is 13.4. The molecule has 0 aromatic carbocycles. The molecule has 0 aromatic rings. The summed E-state index contributed by atoms with van der Waals surface area (Å²) in [6, 6.07) is -0.624. The minimum absolute atomic E-state index is 0.0693. The number of nitrogens with two attached hydrogens (primary N) is 1. The van der Waals surface area contributed by atoms with E-state index >= 15 is 0 Å². The highest BCUT2D eigenvalue weighted by Gasteiger charge is 2.37. The Balaban J connectivity index is 5.64. The minimum Gasteiger partial charge on any atom is -0.370 e. The predicted octanol–water partition coefficient (Wildman–Crippen LogP) is 2.41. The van der Waals surface area contributed by atoms with Gasteiger partial charge in [0.1, 0.15) is 0 Å². The van der Waals surface area contributed by atoms with Crippen LogP contribution < -0.4 is 21.7 Å². The molecule has 0 saturated heterocycles. The first kappa shape index (κ1) is 32.0. The Kier molecular flexibility index (Phi) is 15.2. The quantitative estimate of drug-likeness (QED) is 0.100. The first-order valence-electron chi connectivity index (χ1n) is 12.3. The lowest BCUT2D eigenvalue weighted by Gasteiger charge is -2.31. The van der Waals surface area contributed by atoms with E-state index < -0.39 is 17.5 Å². The maximum Gasteiger partial charge on any atom is 0.224 e. The molecule has 0 bridgehead atoms. The molecule has 0 spiro atoms. The van der Waals surface area contributed by atoms with E-state index in [4.69, 9.17) is 5.73 Å². The number of nitrogens with one attached hydrogen (secondary N) is 3. The monoisotopic (exact) mass is 491 g/mol. The second-order valence-corrected chi connectivity index (χ2v) is 9.23. The van der Waals surface area contributed by atoms with Gasteiger partial charge in [0.2, 0.25) is 11.8 Å². The van der Waals surface area contributed by atoms with Crippen LogP contribution >= 0.6 is 0 Å². The summed E-state index contributed by atoms with van der Waals surface area (Å²) in [6.07, 6.45) is 5.63. The molecule has 2 amide bonds. The predicted molar refractivity (Wildman–Crippen MR) is 141 cm³/mol. The Bertz CT molecular complexity index is 778. The van der Waals surface area contributed by atoms with Crippen molar-refractivity contribution >= 4 is 29.3 Å². The summed E-state index contributed by atoms with van der Waals surface area (Å²) < 4.78 is 0. The molecule has 5 N–H and O–H groups in total. The normalized spacial score (nSPS) is 14.9. The number of amides is 2. The van der Waals surface area contributed by atoms with Crippen LogP contribution in [0.1, 0.15) is 72.6 Å². The van der Waals surface area contributed by atoms with E-state index in [0.29, 0.717) is 38.6 Å². The molecule has 9 nitrogen and oxygen atoms in total. The molecule has 35 heavy (non-hydrogen) atoms. The number of hydrogen-bond donors (Lipinski definition) is 4. The van der Waals surface area contributed by atoms with Gasteiger partial charge in [-0.1, -0.05) is 32.9 Å². The van der Waals surface area contributed by atoms with E-state index in [1.54, 1.807) is 40.0 Å². The van der Waals surface area contributed by atoms with Gasteiger partial charge in [0.15, 0.2) is 17.5 Å². The van der Waals surface area contributed by atoms with Gasteiger partial charge >= 0.3 is 0 Å². The summed E-state index contributed by atoms with van der Waals surface area (Å²) in [7, 11) is 1.57. The third-order valence-electron chi connectivity index (χ3n) is 5.88. The topological polar surface area (TPSA) is 143 Å². The van der Waals surface area contributed by atoms with E-state index in [1.165, 1.54) is 0 Å². The number of aliphatic imine (C=N–C) groups is 1. The van der Waals surface area contributed by atoms with Crippen LogP contribution in [-0.2, 0) is 19.2 Å². The van der Waals surface area contributed by atoms with Crippen LogP contribution in [0.4, 0.5) is 0 Å². The number of hydrogen-bond acceptors (Lipinski definition) is 5. The summed E-state index contributed by atoms with van der Waals surface area (Å²) in [5.41, 5.74) is 4.48. The fourth-order valence-corrected chi connectivity index (χ4v) is 3.48. The standard InChI is InChI=1S/C26H45N5O4/c1-8-11-14-21(32)20(10-3)30-24(35)19(13-12-16-29-25(27)28-7)17-22(33)26(6,15-9-2)31-23(34)18(4)5/h8-9,18-20H,1-2,10-17H2,3-7H3,(H,30,35)(H,31,34)(H3,27,28,29)/t19-,20+,26+/m1/s1. The molecule has 0 aliphatic carbocycles. The second kappa shape index (κ2) is 16.6. The zero-order valence-electron chi connectivity index (χ0n) is 22.1. The van der Waals surface area contributed by atoms with Gasteiger partial charge in [-0.15, -0.1) is 13.2 Å². The van der Waals surface area contributed by atoms with Crippen LogP contribution in [0.25, 0.3) is 0 Å². The number of carbonyl (C=O) groups is 4. The van der Waals surface area contributed by atoms with E-state index in [0.717, 1.165) is 0 Å². The van der Waals surface area contributed by atoms with Gasteiger partial charge in [0.05, 0.1) is 11.6 Å². The molecule has 3 atom stereocenters. The molecule has 0 aromatic heterocycles. The molecule has 0 saturated carbocycles. The lowest BCUT2D eigenvalue weighted by molar-refractivity contribution is -0.136. The largest absolute Gasteiger partial charge is 0.370 e. The third-order valence-corrected chi connectivity index (χ3v) is 5.88. The SMILES string of the molecule is C=CCCC(=O)[C@H](CC)NC(=O)[C@H](CCCNC(N)=NC)CC(=O)[C@](C)(CC=C)NC(=O)C(C)C. The highest BCUT2D eigenvalue weighted by molar-refractivity contribution is 5.96. The number of rotatable bonds is 18. The number of nitrogens with zero attached hydrogens (tertiary/aromatic N) is 1. The molecular formula is C26H45N5O4. The lowest BCUT2D eigenvalue weighted by Crippen LogP contribution is -2.54. The fraction of sp³-hybridized carbons (Fsp3) is 0.654. The molecule has 0 radical (unpaired) electrons. The van der Waals surface area contributed by atoms with E-state index in [-0.39, 0.29) is 48.1 Å². The molecule has 0 fully saturated rings. The number of allylic oxidation sites excluding steroid dienone is 1. The lowest BCUT2D eigenvalue weighted by atomic mass is 9.84. The zero-order valence-corrected chi connectivity index (χ0v) is 22.1. The average molecular weight is 492 g/mol. The van der Waals surface area contributed by atoms with Crippen LogP contribution in [0.3, 0.4) is 0 Å². The van der Waals surface area contributed by atoms with Crippen molar-refractivity contribution in [2.75, 3.05) is 13.6 Å². The number of Topliss-reactive ketones (excluding diaryl/α,β-unsaturated/α-hetero) is 2. The van der Waals surface area contributed by atoms with Crippen molar-refractivity contribution in [3.63, 3.8) is 0 Å². The smallest absolute Gasteiger partial charge is 0.224 e. The van der Waals surface area contributed by atoms with E-state index in [1.807, 2.05) is 6.92 Å². The maximum atomic E-state index is 13.4. The molecule has 0 heterocycles. The van der Waals surface area contributed by atoms with Gasteiger partial charge in [0.25, 0.3) is 0 Å². The molecule has 0 rings (SSSR count). The first-order chi connectivity index (χ1) is 16.4. The van der Waals surface area contributed by atoms with Crippen LogP contribution in [0.2, 0.25) is 0 Å². The van der Waals surface area contributed by atoms with Crippen LogP contribution in [-0.4, -0.2) is 54.5 Å². The van der Waals surface area contributed by atoms with Gasteiger partial charge in [-0.05, 0) is 39.0 Å². The van der Waals surface area contributed by atoms with Gasteiger partial charge in [-0.25, -0.2) is 0 Å².